The van der Waals surface area contributed by atoms with Crippen molar-refractivity contribution in [1.82, 2.24) is 10.1 Å². The Morgan fingerprint density at radius 3 is 2.82 bits per heavy atom. The minimum atomic E-state index is -0.570. The Kier molecular flexibility index (Phi) is 3.69. The smallest absolute Gasteiger partial charge is 0.360 e. The van der Waals surface area contributed by atoms with E-state index in [2.05, 4.69) is 10.1 Å². The number of carbonyl (C=O) groups excluding carboxylic acids is 1. The number of hydrogen-bond acceptors (Lipinski definition) is 6. The average Bonchev–Trinajstić information content (AvgIpc) is 3.17. The van der Waals surface area contributed by atoms with Gasteiger partial charge in [0.2, 0.25) is 5.89 Å². The average molecular weight is 302 g/mol. The Hall–Kier alpha value is -2.96. The molecule has 0 aliphatic carbocycles. The molecule has 0 radical (unpaired) electrons. The van der Waals surface area contributed by atoms with Gasteiger partial charge in [-0.25, -0.2) is 14.2 Å². The Balaban J connectivity index is 1.85. The third-order valence-electron chi connectivity index (χ3n) is 2.84. The van der Waals surface area contributed by atoms with Crippen molar-refractivity contribution in [2.45, 2.75) is 6.92 Å². The van der Waals surface area contributed by atoms with Crippen LogP contribution in [0.2, 0.25) is 0 Å². The summed E-state index contributed by atoms with van der Waals surface area (Å²) in [6.45, 7) is 1.95. The summed E-state index contributed by atoms with van der Waals surface area (Å²) in [6.07, 6.45) is 1.37. The maximum Gasteiger partial charge on any atom is 0.360 e. The van der Waals surface area contributed by atoms with Crippen LogP contribution in [0.15, 0.2) is 45.5 Å². The van der Waals surface area contributed by atoms with E-state index in [0.29, 0.717) is 17.1 Å². The largest absolute Gasteiger partial charge is 0.461 e. The van der Waals surface area contributed by atoms with Gasteiger partial charge >= 0.3 is 5.97 Å². The molecular formula is C15H11FN2O4. The summed E-state index contributed by atoms with van der Waals surface area (Å²) in [5.74, 6) is -0.325. The molecule has 0 aliphatic rings. The van der Waals surface area contributed by atoms with Crippen LogP contribution in [0.3, 0.4) is 0 Å². The summed E-state index contributed by atoms with van der Waals surface area (Å²) in [7, 11) is 0. The molecule has 2 heterocycles. The van der Waals surface area contributed by atoms with Crippen LogP contribution in [-0.4, -0.2) is 22.7 Å². The van der Waals surface area contributed by atoms with Crippen LogP contribution in [0.4, 0.5) is 4.39 Å². The second-order valence-electron chi connectivity index (χ2n) is 4.34. The Morgan fingerprint density at radius 2 is 2.09 bits per heavy atom. The zero-order valence-corrected chi connectivity index (χ0v) is 11.6. The highest BCUT2D eigenvalue weighted by molar-refractivity contribution is 5.88. The van der Waals surface area contributed by atoms with Crippen molar-refractivity contribution >= 4 is 5.97 Å². The normalized spacial score (nSPS) is 10.6. The first-order valence-corrected chi connectivity index (χ1v) is 6.53. The lowest BCUT2D eigenvalue weighted by molar-refractivity contribution is 0.0514. The maximum absolute atomic E-state index is 12.9. The second-order valence-corrected chi connectivity index (χ2v) is 4.34. The van der Waals surface area contributed by atoms with E-state index in [1.54, 1.807) is 19.1 Å². The van der Waals surface area contributed by atoms with Gasteiger partial charge in [0.05, 0.1) is 6.61 Å². The SMILES string of the molecule is CCOC(=O)c1cc(-c2coc(-c3ccc(F)cc3)n2)on1. The zero-order valence-electron chi connectivity index (χ0n) is 11.6. The van der Waals surface area contributed by atoms with Crippen molar-refractivity contribution in [3.63, 3.8) is 0 Å². The highest BCUT2D eigenvalue weighted by atomic mass is 19.1. The van der Waals surface area contributed by atoms with Crippen LogP contribution in [0, 0.1) is 5.82 Å². The first kappa shape index (κ1) is 14.0. The number of aromatic nitrogens is 2. The van der Waals surface area contributed by atoms with Crippen molar-refractivity contribution in [2.24, 2.45) is 0 Å². The van der Waals surface area contributed by atoms with Gasteiger partial charge in [-0.15, -0.1) is 0 Å². The molecule has 0 bridgehead atoms. The summed E-state index contributed by atoms with van der Waals surface area (Å²) in [5, 5.41) is 3.62. The van der Waals surface area contributed by atoms with E-state index in [1.165, 1.54) is 24.5 Å². The molecule has 0 spiro atoms. The molecule has 7 heteroatoms. The summed E-state index contributed by atoms with van der Waals surface area (Å²) < 4.78 is 28.1. The molecule has 3 aromatic rings. The highest BCUT2D eigenvalue weighted by Gasteiger charge is 2.17. The molecule has 6 nitrogen and oxygen atoms in total. The van der Waals surface area contributed by atoms with Crippen molar-refractivity contribution in [3.05, 3.63) is 48.1 Å². The number of nitrogens with zero attached hydrogens (tertiary/aromatic N) is 2. The van der Waals surface area contributed by atoms with E-state index in [1.807, 2.05) is 0 Å². The third-order valence-corrected chi connectivity index (χ3v) is 2.84. The fourth-order valence-corrected chi connectivity index (χ4v) is 1.81. The molecular weight excluding hydrogens is 291 g/mol. The number of ether oxygens (including phenoxy) is 1. The van der Waals surface area contributed by atoms with Crippen LogP contribution >= 0.6 is 0 Å². The van der Waals surface area contributed by atoms with Crippen molar-refractivity contribution in [1.29, 1.82) is 0 Å². The van der Waals surface area contributed by atoms with Gasteiger partial charge in [-0.2, -0.15) is 0 Å². The van der Waals surface area contributed by atoms with E-state index in [0.717, 1.165) is 0 Å². The minimum absolute atomic E-state index is 0.0585. The monoisotopic (exact) mass is 302 g/mol. The van der Waals surface area contributed by atoms with Gasteiger partial charge in [0.1, 0.15) is 17.8 Å². The van der Waals surface area contributed by atoms with E-state index in [-0.39, 0.29) is 23.9 Å². The predicted octanol–water partition coefficient (Wildman–Crippen LogP) is 3.31. The number of halogens is 1. The Morgan fingerprint density at radius 1 is 1.32 bits per heavy atom. The predicted molar refractivity (Wildman–Crippen MR) is 73.4 cm³/mol. The van der Waals surface area contributed by atoms with Gasteiger partial charge < -0.3 is 13.7 Å². The van der Waals surface area contributed by atoms with E-state index in [4.69, 9.17) is 13.7 Å². The lowest BCUT2D eigenvalue weighted by Crippen LogP contribution is -2.04. The molecule has 112 valence electrons. The van der Waals surface area contributed by atoms with Gasteiger partial charge in [0.15, 0.2) is 11.5 Å². The van der Waals surface area contributed by atoms with Crippen molar-refractivity contribution in [3.8, 4) is 22.9 Å². The number of oxazole rings is 1. The molecule has 0 aliphatic heterocycles. The molecule has 1 aromatic carbocycles. The Labute approximate surface area is 124 Å². The van der Waals surface area contributed by atoms with Gasteiger partial charge in [0.25, 0.3) is 0 Å². The molecule has 0 amide bonds. The third kappa shape index (κ3) is 2.73. The Bertz CT molecular complexity index is 792. The van der Waals surface area contributed by atoms with E-state index >= 15 is 0 Å². The fraction of sp³-hybridized carbons (Fsp3) is 0.133. The standard InChI is InChI=1S/C15H11FN2O4/c1-2-20-15(19)11-7-13(22-18-11)12-8-21-14(17-12)9-3-5-10(16)6-4-9/h3-8H,2H2,1H3. The van der Waals surface area contributed by atoms with Crippen molar-refractivity contribution in [2.75, 3.05) is 6.61 Å². The quantitative estimate of drug-likeness (QED) is 0.688. The lowest BCUT2D eigenvalue weighted by Gasteiger charge is -1.94. The topological polar surface area (TPSA) is 78.4 Å². The number of hydrogen-bond donors (Lipinski definition) is 0. The molecule has 0 saturated heterocycles. The molecule has 0 saturated carbocycles. The molecule has 0 unspecified atom stereocenters. The lowest BCUT2D eigenvalue weighted by atomic mass is 10.2. The summed E-state index contributed by atoms with van der Waals surface area (Å²) in [4.78, 5) is 15.7. The molecule has 22 heavy (non-hydrogen) atoms. The maximum atomic E-state index is 12.9. The summed E-state index contributed by atoms with van der Waals surface area (Å²) >= 11 is 0. The first-order chi connectivity index (χ1) is 10.7. The van der Waals surface area contributed by atoms with Crippen LogP contribution in [0.25, 0.3) is 22.9 Å². The molecule has 2 aromatic heterocycles. The van der Waals surface area contributed by atoms with Crippen LogP contribution in [-0.2, 0) is 4.74 Å². The number of benzene rings is 1. The van der Waals surface area contributed by atoms with Crippen molar-refractivity contribution < 1.29 is 22.9 Å². The zero-order chi connectivity index (χ0) is 15.5. The van der Waals surface area contributed by atoms with E-state index < -0.39 is 5.97 Å². The fourth-order valence-electron chi connectivity index (χ4n) is 1.81. The van der Waals surface area contributed by atoms with Crippen LogP contribution in [0.5, 0.6) is 0 Å². The van der Waals surface area contributed by atoms with Crippen LogP contribution in [0.1, 0.15) is 17.4 Å². The minimum Gasteiger partial charge on any atom is -0.461 e. The van der Waals surface area contributed by atoms with Gasteiger partial charge in [0, 0.05) is 11.6 Å². The number of carbonyl (C=O) groups is 1. The van der Waals surface area contributed by atoms with E-state index in [9.17, 15) is 9.18 Å². The second kappa shape index (κ2) is 5.80. The summed E-state index contributed by atoms with van der Waals surface area (Å²) in [5.41, 5.74) is 1.06. The first-order valence-electron chi connectivity index (χ1n) is 6.53. The van der Waals surface area contributed by atoms with Crippen LogP contribution < -0.4 is 0 Å². The van der Waals surface area contributed by atoms with Gasteiger partial charge in [-0.05, 0) is 31.2 Å². The van der Waals surface area contributed by atoms with Gasteiger partial charge in [-0.3, -0.25) is 0 Å². The number of esters is 1. The highest BCUT2D eigenvalue weighted by Crippen LogP contribution is 2.25. The molecule has 0 fully saturated rings. The molecule has 3 rings (SSSR count). The summed E-state index contributed by atoms with van der Waals surface area (Å²) in [6, 6.07) is 7.15. The molecule has 0 atom stereocenters. The van der Waals surface area contributed by atoms with Gasteiger partial charge in [-0.1, -0.05) is 5.16 Å². The number of rotatable bonds is 4. The molecule has 0 N–H and O–H groups in total.